The molecule has 0 aromatic heterocycles. The van der Waals surface area contributed by atoms with Crippen LogP contribution in [0.25, 0.3) is 0 Å². The first kappa shape index (κ1) is 15.9. The highest BCUT2D eigenvalue weighted by atomic mass is 16.5. The molecule has 4 nitrogen and oxygen atoms in total. The highest BCUT2D eigenvalue weighted by Crippen LogP contribution is 2.26. The average Bonchev–Trinajstić information content (AvgIpc) is 2.36. The van der Waals surface area contributed by atoms with Crippen molar-refractivity contribution in [2.75, 3.05) is 47.1 Å². The van der Waals surface area contributed by atoms with E-state index in [4.69, 9.17) is 15.2 Å². The summed E-state index contributed by atoms with van der Waals surface area (Å²) in [5.74, 6) is 0. The molecule has 0 aliphatic heterocycles. The van der Waals surface area contributed by atoms with E-state index in [0.717, 1.165) is 39.3 Å². The van der Waals surface area contributed by atoms with Crippen LogP contribution < -0.4 is 5.73 Å². The molecule has 18 heavy (non-hydrogen) atoms. The maximum Gasteiger partial charge on any atom is 0.0589 e. The molecule has 0 bridgehead atoms. The highest BCUT2D eigenvalue weighted by molar-refractivity contribution is 4.90. The Morgan fingerprint density at radius 3 is 2.28 bits per heavy atom. The lowest BCUT2D eigenvalue weighted by molar-refractivity contribution is 0.107. The lowest BCUT2D eigenvalue weighted by Gasteiger charge is -2.38. The van der Waals surface area contributed by atoms with E-state index in [0.29, 0.717) is 0 Å². The van der Waals surface area contributed by atoms with Gasteiger partial charge in [-0.25, -0.2) is 0 Å². The Balaban J connectivity index is 2.37. The smallest absolute Gasteiger partial charge is 0.0589 e. The van der Waals surface area contributed by atoms with E-state index in [2.05, 4.69) is 4.90 Å². The molecule has 0 radical (unpaired) electrons. The third-order valence-corrected chi connectivity index (χ3v) is 3.82. The van der Waals surface area contributed by atoms with E-state index in [-0.39, 0.29) is 5.54 Å². The van der Waals surface area contributed by atoms with Crippen molar-refractivity contribution in [1.29, 1.82) is 0 Å². The summed E-state index contributed by atoms with van der Waals surface area (Å²) in [6.45, 7) is 4.62. The minimum atomic E-state index is 0.0268. The number of ether oxygens (including phenoxy) is 2. The van der Waals surface area contributed by atoms with Gasteiger partial charge >= 0.3 is 0 Å². The Bertz CT molecular complexity index is 206. The molecule has 4 heteroatoms. The van der Waals surface area contributed by atoms with Crippen molar-refractivity contribution in [2.24, 2.45) is 5.73 Å². The first-order valence-corrected chi connectivity index (χ1v) is 7.19. The maximum atomic E-state index is 6.52. The topological polar surface area (TPSA) is 47.7 Å². The quantitative estimate of drug-likeness (QED) is 0.639. The summed E-state index contributed by atoms with van der Waals surface area (Å²) in [5.41, 5.74) is 6.55. The van der Waals surface area contributed by atoms with Crippen molar-refractivity contribution in [2.45, 2.75) is 44.1 Å². The number of nitrogens with zero attached hydrogens (tertiary/aromatic N) is 1. The second-order valence-electron chi connectivity index (χ2n) is 5.54. The Hall–Kier alpha value is -0.160. The number of rotatable bonds is 9. The predicted octanol–water partition coefficient (Wildman–Crippen LogP) is 1.63. The molecule has 1 aliphatic rings. The summed E-state index contributed by atoms with van der Waals surface area (Å²) in [7, 11) is 3.51. The molecule has 0 saturated heterocycles. The second-order valence-corrected chi connectivity index (χ2v) is 5.54. The Kier molecular flexibility index (Phi) is 7.82. The number of methoxy groups -OCH3 is 2. The van der Waals surface area contributed by atoms with Gasteiger partial charge in [-0.05, 0) is 19.3 Å². The van der Waals surface area contributed by atoms with E-state index in [1.807, 2.05) is 0 Å². The van der Waals surface area contributed by atoms with E-state index in [9.17, 15) is 0 Å². The van der Waals surface area contributed by atoms with Crippen LogP contribution in [0.5, 0.6) is 0 Å². The SMILES string of the molecule is COCCCN(CCOC)CC1(N)CCCCC1. The fraction of sp³-hybridized carbons (Fsp3) is 1.00. The Labute approximate surface area is 112 Å². The van der Waals surface area contributed by atoms with E-state index < -0.39 is 0 Å². The molecule has 0 spiro atoms. The fourth-order valence-electron chi connectivity index (χ4n) is 2.78. The van der Waals surface area contributed by atoms with Crippen LogP contribution in [0.15, 0.2) is 0 Å². The molecule has 1 rings (SSSR count). The summed E-state index contributed by atoms with van der Waals surface area (Å²) in [5, 5.41) is 0. The van der Waals surface area contributed by atoms with Crippen molar-refractivity contribution < 1.29 is 9.47 Å². The molecule has 0 heterocycles. The number of nitrogens with two attached hydrogens (primary N) is 1. The fourth-order valence-corrected chi connectivity index (χ4v) is 2.78. The average molecular weight is 258 g/mol. The Morgan fingerprint density at radius 2 is 1.67 bits per heavy atom. The summed E-state index contributed by atoms with van der Waals surface area (Å²) in [6.07, 6.45) is 7.32. The van der Waals surface area contributed by atoms with Crippen LogP contribution in [-0.2, 0) is 9.47 Å². The van der Waals surface area contributed by atoms with Gasteiger partial charge < -0.3 is 15.2 Å². The van der Waals surface area contributed by atoms with Gasteiger partial charge in [0.25, 0.3) is 0 Å². The zero-order valence-corrected chi connectivity index (χ0v) is 12.1. The predicted molar refractivity (Wildman–Crippen MR) is 74.8 cm³/mol. The minimum absolute atomic E-state index is 0.0268. The molecular weight excluding hydrogens is 228 g/mol. The highest BCUT2D eigenvalue weighted by Gasteiger charge is 2.29. The van der Waals surface area contributed by atoms with Crippen molar-refractivity contribution in [1.82, 2.24) is 4.90 Å². The van der Waals surface area contributed by atoms with Crippen molar-refractivity contribution in [3.8, 4) is 0 Å². The molecule has 0 aromatic rings. The monoisotopic (exact) mass is 258 g/mol. The van der Waals surface area contributed by atoms with Crippen LogP contribution in [0.2, 0.25) is 0 Å². The third kappa shape index (κ3) is 6.14. The van der Waals surface area contributed by atoms with Crippen LogP contribution in [0.4, 0.5) is 0 Å². The van der Waals surface area contributed by atoms with Crippen LogP contribution in [-0.4, -0.2) is 57.5 Å². The van der Waals surface area contributed by atoms with E-state index in [1.54, 1.807) is 14.2 Å². The minimum Gasteiger partial charge on any atom is -0.385 e. The Morgan fingerprint density at radius 1 is 1.00 bits per heavy atom. The van der Waals surface area contributed by atoms with Gasteiger partial charge in [-0.3, -0.25) is 4.90 Å². The summed E-state index contributed by atoms with van der Waals surface area (Å²) >= 11 is 0. The van der Waals surface area contributed by atoms with Crippen LogP contribution in [0.1, 0.15) is 38.5 Å². The van der Waals surface area contributed by atoms with Crippen molar-refractivity contribution in [3.63, 3.8) is 0 Å². The zero-order valence-electron chi connectivity index (χ0n) is 12.1. The van der Waals surface area contributed by atoms with Crippen LogP contribution in [0.3, 0.4) is 0 Å². The largest absolute Gasteiger partial charge is 0.385 e. The van der Waals surface area contributed by atoms with E-state index >= 15 is 0 Å². The molecule has 1 saturated carbocycles. The molecule has 0 aromatic carbocycles. The first-order chi connectivity index (χ1) is 8.70. The normalized spacial score (nSPS) is 19.3. The summed E-state index contributed by atoms with van der Waals surface area (Å²) < 4.78 is 10.3. The number of hydrogen-bond donors (Lipinski definition) is 1. The van der Waals surface area contributed by atoms with Crippen LogP contribution in [0, 0.1) is 0 Å². The summed E-state index contributed by atoms with van der Waals surface area (Å²) in [6, 6.07) is 0. The van der Waals surface area contributed by atoms with Crippen molar-refractivity contribution >= 4 is 0 Å². The lowest BCUT2D eigenvalue weighted by atomic mass is 9.82. The maximum absolute atomic E-state index is 6.52. The molecule has 1 fully saturated rings. The van der Waals surface area contributed by atoms with Gasteiger partial charge in [-0.15, -0.1) is 0 Å². The molecular formula is C14H30N2O2. The molecule has 0 atom stereocenters. The first-order valence-electron chi connectivity index (χ1n) is 7.19. The molecule has 1 aliphatic carbocycles. The van der Waals surface area contributed by atoms with Crippen LogP contribution >= 0.6 is 0 Å². The molecule has 0 amide bonds. The van der Waals surface area contributed by atoms with Gasteiger partial charge in [0.15, 0.2) is 0 Å². The molecule has 108 valence electrons. The van der Waals surface area contributed by atoms with Gasteiger partial charge in [0, 0.05) is 46.0 Å². The van der Waals surface area contributed by atoms with Gasteiger partial charge in [0.1, 0.15) is 0 Å². The standard InChI is InChI=1S/C14H30N2O2/c1-17-11-6-9-16(10-12-18-2)13-14(15)7-4-3-5-8-14/h3-13,15H2,1-2H3. The summed E-state index contributed by atoms with van der Waals surface area (Å²) in [4.78, 5) is 2.44. The molecule has 0 unspecified atom stereocenters. The van der Waals surface area contributed by atoms with Crippen molar-refractivity contribution in [3.05, 3.63) is 0 Å². The van der Waals surface area contributed by atoms with Gasteiger partial charge in [0.2, 0.25) is 0 Å². The lowest BCUT2D eigenvalue weighted by Crippen LogP contribution is -2.52. The van der Waals surface area contributed by atoms with E-state index in [1.165, 1.54) is 32.1 Å². The number of hydrogen-bond acceptors (Lipinski definition) is 4. The third-order valence-electron chi connectivity index (χ3n) is 3.82. The molecule has 2 N–H and O–H groups in total. The van der Waals surface area contributed by atoms with Gasteiger partial charge in [-0.1, -0.05) is 19.3 Å². The second kappa shape index (κ2) is 8.86. The van der Waals surface area contributed by atoms with Gasteiger partial charge in [0.05, 0.1) is 6.61 Å². The van der Waals surface area contributed by atoms with Gasteiger partial charge in [-0.2, -0.15) is 0 Å². The zero-order chi connectivity index (χ0) is 13.3.